The van der Waals surface area contributed by atoms with Crippen LogP contribution in [0.5, 0.6) is 0 Å². The van der Waals surface area contributed by atoms with Crippen molar-refractivity contribution < 1.29 is 4.52 Å². The largest absolute Gasteiger partial charge is 0.337 e. The molecule has 1 aliphatic rings. The predicted octanol–water partition coefficient (Wildman–Crippen LogP) is 3.27. The lowest BCUT2D eigenvalue weighted by Gasteiger charge is -2.19. The molecule has 0 radical (unpaired) electrons. The van der Waals surface area contributed by atoms with Gasteiger partial charge in [-0.25, -0.2) is 0 Å². The highest BCUT2D eigenvalue weighted by Gasteiger charge is 2.21. The Bertz CT molecular complexity index is 765. The van der Waals surface area contributed by atoms with Gasteiger partial charge in [-0.15, -0.1) is 0 Å². The number of fused-ring (bicyclic) bond motifs is 1. The minimum absolute atomic E-state index is 0.172. The van der Waals surface area contributed by atoms with Crippen LogP contribution >= 0.6 is 11.8 Å². The van der Waals surface area contributed by atoms with Gasteiger partial charge >= 0.3 is 0 Å². The van der Waals surface area contributed by atoms with Crippen molar-refractivity contribution in [3.8, 4) is 11.4 Å². The van der Waals surface area contributed by atoms with Gasteiger partial charge < -0.3 is 9.84 Å². The summed E-state index contributed by atoms with van der Waals surface area (Å²) in [7, 11) is 0. The summed E-state index contributed by atoms with van der Waals surface area (Å²) < 4.78 is 5.43. The van der Waals surface area contributed by atoms with Crippen LogP contribution in [-0.2, 0) is 0 Å². The molecule has 4 rings (SSSR count). The molecule has 1 fully saturated rings. The number of aromatic nitrogens is 2. The zero-order chi connectivity index (χ0) is 14.1. The topological polar surface area (TPSA) is 51.0 Å². The van der Waals surface area contributed by atoms with Gasteiger partial charge in [0.1, 0.15) is 0 Å². The van der Waals surface area contributed by atoms with E-state index in [1.165, 1.54) is 10.8 Å². The van der Waals surface area contributed by atoms with E-state index in [2.05, 4.69) is 39.7 Å². The number of nitrogens with one attached hydrogen (secondary N) is 1. The van der Waals surface area contributed by atoms with Crippen LogP contribution in [0.1, 0.15) is 11.9 Å². The van der Waals surface area contributed by atoms with E-state index in [9.17, 15) is 0 Å². The fourth-order valence-corrected chi connectivity index (χ4v) is 3.47. The third-order valence-electron chi connectivity index (χ3n) is 3.67. The highest BCUT2D eigenvalue weighted by molar-refractivity contribution is 7.99. The lowest BCUT2D eigenvalue weighted by atomic mass is 10.1. The minimum atomic E-state index is 0.172. The van der Waals surface area contributed by atoms with Gasteiger partial charge in [0.05, 0.1) is 6.04 Å². The summed E-state index contributed by atoms with van der Waals surface area (Å²) in [6.45, 7) is 0.989. The van der Waals surface area contributed by atoms with E-state index < -0.39 is 0 Å². The molecule has 0 saturated carbocycles. The van der Waals surface area contributed by atoms with E-state index >= 15 is 0 Å². The van der Waals surface area contributed by atoms with Gasteiger partial charge in [0.2, 0.25) is 11.7 Å². The van der Waals surface area contributed by atoms with Crippen molar-refractivity contribution in [1.29, 1.82) is 0 Å². The monoisotopic (exact) mass is 297 g/mol. The summed E-state index contributed by atoms with van der Waals surface area (Å²) in [5.74, 6) is 3.47. The molecule has 0 amide bonds. The van der Waals surface area contributed by atoms with Crippen LogP contribution in [0.2, 0.25) is 0 Å². The van der Waals surface area contributed by atoms with Crippen LogP contribution < -0.4 is 5.32 Å². The first-order chi connectivity index (χ1) is 10.4. The molecule has 1 unspecified atom stereocenters. The molecule has 5 heteroatoms. The maximum atomic E-state index is 5.43. The van der Waals surface area contributed by atoms with Crippen molar-refractivity contribution in [2.75, 3.05) is 18.1 Å². The quantitative estimate of drug-likeness (QED) is 0.787. The molecule has 1 saturated heterocycles. The molecular weight excluding hydrogens is 282 g/mol. The van der Waals surface area contributed by atoms with E-state index in [1.807, 2.05) is 30.0 Å². The molecule has 3 aromatic rings. The van der Waals surface area contributed by atoms with E-state index in [1.54, 1.807) is 0 Å². The van der Waals surface area contributed by atoms with Crippen molar-refractivity contribution >= 4 is 22.5 Å². The third kappa shape index (κ3) is 2.54. The molecule has 106 valence electrons. The second-order valence-corrected chi connectivity index (χ2v) is 6.25. The van der Waals surface area contributed by atoms with Crippen LogP contribution in [0.25, 0.3) is 22.2 Å². The second kappa shape index (κ2) is 5.50. The van der Waals surface area contributed by atoms with Crippen LogP contribution in [0.15, 0.2) is 47.0 Å². The summed E-state index contributed by atoms with van der Waals surface area (Å²) in [5, 5.41) is 9.95. The van der Waals surface area contributed by atoms with Crippen molar-refractivity contribution in [3.63, 3.8) is 0 Å². The Hall–Kier alpha value is -1.85. The molecule has 0 spiro atoms. The first-order valence-corrected chi connectivity index (χ1v) is 8.19. The Balaban J connectivity index is 1.67. The molecule has 1 N–H and O–H groups in total. The molecule has 2 heterocycles. The fraction of sp³-hybridized carbons (Fsp3) is 0.250. The minimum Gasteiger partial charge on any atom is -0.337 e. The smallest absolute Gasteiger partial charge is 0.244 e. The molecule has 0 bridgehead atoms. The molecular formula is C16H15N3OS. The Morgan fingerprint density at radius 1 is 1.14 bits per heavy atom. The number of thioether (sulfide) groups is 1. The van der Waals surface area contributed by atoms with Gasteiger partial charge in [0.25, 0.3) is 0 Å². The normalized spacial score (nSPS) is 19.0. The average Bonchev–Trinajstić information content (AvgIpc) is 3.05. The van der Waals surface area contributed by atoms with E-state index in [4.69, 9.17) is 4.52 Å². The maximum absolute atomic E-state index is 5.43. The number of benzene rings is 2. The van der Waals surface area contributed by atoms with Crippen LogP contribution in [-0.4, -0.2) is 28.2 Å². The van der Waals surface area contributed by atoms with Gasteiger partial charge in [-0.2, -0.15) is 16.7 Å². The van der Waals surface area contributed by atoms with Gasteiger partial charge in [0.15, 0.2) is 0 Å². The zero-order valence-corrected chi connectivity index (χ0v) is 12.3. The van der Waals surface area contributed by atoms with Gasteiger partial charge in [-0.05, 0) is 16.8 Å². The number of hydrogen-bond acceptors (Lipinski definition) is 5. The van der Waals surface area contributed by atoms with Crippen molar-refractivity contribution in [2.24, 2.45) is 0 Å². The summed E-state index contributed by atoms with van der Waals surface area (Å²) >= 11 is 1.91. The van der Waals surface area contributed by atoms with Gasteiger partial charge in [-0.3, -0.25) is 0 Å². The zero-order valence-electron chi connectivity index (χ0n) is 11.5. The maximum Gasteiger partial charge on any atom is 0.244 e. The molecule has 4 nitrogen and oxygen atoms in total. The number of hydrogen-bond donors (Lipinski definition) is 1. The first kappa shape index (κ1) is 12.9. The lowest BCUT2D eigenvalue weighted by molar-refractivity contribution is 0.342. The lowest BCUT2D eigenvalue weighted by Crippen LogP contribution is -2.30. The Morgan fingerprint density at radius 3 is 2.90 bits per heavy atom. The fourth-order valence-electron chi connectivity index (χ4n) is 2.55. The summed E-state index contributed by atoms with van der Waals surface area (Å²) in [6, 6.07) is 14.7. The van der Waals surface area contributed by atoms with Crippen molar-refractivity contribution in [1.82, 2.24) is 15.5 Å². The van der Waals surface area contributed by atoms with Crippen LogP contribution in [0.4, 0.5) is 0 Å². The Morgan fingerprint density at radius 2 is 2.05 bits per heavy atom. The predicted molar refractivity (Wildman–Crippen MR) is 85.3 cm³/mol. The highest BCUT2D eigenvalue weighted by Crippen LogP contribution is 2.25. The SMILES string of the molecule is c1ccc2cc(-c3noc(C4CSCCN4)n3)ccc2c1. The molecule has 21 heavy (non-hydrogen) atoms. The highest BCUT2D eigenvalue weighted by atomic mass is 32.2. The number of rotatable bonds is 2. The molecule has 0 aliphatic carbocycles. The second-order valence-electron chi connectivity index (χ2n) is 5.10. The van der Waals surface area contributed by atoms with E-state index in [0.717, 1.165) is 23.6 Å². The third-order valence-corrected chi connectivity index (χ3v) is 4.73. The summed E-state index contributed by atoms with van der Waals surface area (Å²) in [5.41, 5.74) is 0.993. The van der Waals surface area contributed by atoms with Crippen LogP contribution in [0, 0.1) is 0 Å². The molecule has 1 aliphatic heterocycles. The Labute approximate surface area is 126 Å². The van der Waals surface area contributed by atoms with E-state index in [0.29, 0.717) is 11.7 Å². The summed E-state index contributed by atoms with van der Waals surface area (Å²) in [4.78, 5) is 4.56. The Kier molecular flexibility index (Phi) is 3.37. The summed E-state index contributed by atoms with van der Waals surface area (Å²) in [6.07, 6.45) is 0. The van der Waals surface area contributed by atoms with Crippen molar-refractivity contribution in [3.05, 3.63) is 48.4 Å². The van der Waals surface area contributed by atoms with Crippen molar-refractivity contribution in [2.45, 2.75) is 6.04 Å². The molecule has 1 atom stereocenters. The van der Waals surface area contributed by atoms with Crippen LogP contribution in [0.3, 0.4) is 0 Å². The number of nitrogens with zero attached hydrogens (tertiary/aromatic N) is 2. The molecule has 1 aromatic heterocycles. The average molecular weight is 297 g/mol. The van der Waals surface area contributed by atoms with Gasteiger partial charge in [-0.1, -0.05) is 41.6 Å². The molecule has 2 aromatic carbocycles. The first-order valence-electron chi connectivity index (χ1n) is 7.04. The van der Waals surface area contributed by atoms with E-state index in [-0.39, 0.29) is 6.04 Å². The van der Waals surface area contributed by atoms with Gasteiger partial charge in [0, 0.05) is 23.6 Å². The standard InChI is InChI=1S/C16H15N3OS/c1-2-4-12-9-13(6-5-11(12)3-1)15-18-16(20-19-15)14-10-21-8-7-17-14/h1-6,9,14,17H,7-8,10H2.